The molecule has 23 heavy (non-hydrogen) atoms. The first-order valence-corrected chi connectivity index (χ1v) is 8.15. The first kappa shape index (κ1) is 17.8. The summed E-state index contributed by atoms with van der Waals surface area (Å²) in [5.41, 5.74) is 0.355. The standard InChI is InChI=1S/C17H24F2N2O2/c18-14-4-2-13(16(19)12-14)3-5-17(23)20-8-1-9-21-10-6-15(22)7-11-21/h2,4,12,15,22H,1,3,5-11H2,(H,20,23). The zero-order valence-electron chi connectivity index (χ0n) is 13.2. The molecule has 1 aliphatic rings. The number of nitrogens with zero attached hydrogens (tertiary/aromatic N) is 1. The van der Waals surface area contributed by atoms with Crippen LogP contribution in [0.15, 0.2) is 18.2 Å². The maximum Gasteiger partial charge on any atom is 0.220 e. The smallest absolute Gasteiger partial charge is 0.220 e. The Morgan fingerprint density at radius 2 is 2.04 bits per heavy atom. The largest absolute Gasteiger partial charge is 0.393 e. The first-order valence-electron chi connectivity index (χ1n) is 8.15. The summed E-state index contributed by atoms with van der Waals surface area (Å²) in [7, 11) is 0. The van der Waals surface area contributed by atoms with E-state index < -0.39 is 11.6 Å². The van der Waals surface area contributed by atoms with Gasteiger partial charge >= 0.3 is 0 Å². The lowest BCUT2D eigenvalue weighted by Gasteiger charge is -2.29. The topological polar surface area (TPSA) is 52.6 Å². The number of rotatable bonds is 7. The number of halogens is 2. The SMILES string of the molecule is O=C(CCc1ccc(F)cc1F)NCCCN1CCC(O)CC1. The Balaban J connectivity index is 1.58. The number of piperidine rings is 1. The maximum absolute atomic E-state index is 13.4. The molecule has 0 spiro atoms. The lowest BCUT2D eigenvalue weighted by molar-refractivity contribution is -0.121. The van der Waals surface area contributed by atoms with Gasteiger partial charge in [0.2, 0.25) is 5.91 Å². The molecule has 1 aromatic carbocycles. The van der Waals surface area contributed by atoms with Crippen LogP contribution in [0.25, 0.3) is 0 Å². The van der Waals surface area contributed by atoms with Crippen LogP contribution in [0.1, 0.15) is 31.2 Å². The molecule has 0 bridgehead atoms. The van der Waals surface area contributed by atoms with Gasteiger partial charge < -0.3 is 15.3 Å². The van der Waals surface area contributed by atoms with Crippen molar-refractivity contribution in [3.63, 3.8) is 0 Å². The minimum atomic E-state index is -0.610. The summed E-state index contributed by atoms with van der Waals surface area (Å²) in [5.74, 6) is -1.34. The van der Waals surface area contributed by atoms with Crippen molar-refractivity contribution in [1.29, 1.82) is 0 Å². The molecular formula is C17H24F2N2O2. The molecule has 0 aliphatic carbocycles. The van der Waals surface area contributed by atoms with Crippen molar-refractivity contribution < 1.29 is 18.7 Å². The Morgan fingerprint density at radius 1 is 1.30 bits per heavy atom. The number of aliphatic hydroxyl groups excluding tert-OH is 1. The fourth-order valence-corrected chi connectivity index (χ4v) is 2.73. The Bertz CT molecular complexity index is 517. The van der Waals surface area contributed by atoms with Gasteiger partial charge in [-0.15, -0.1) is 0 Å². The van der Waals surface area contributed by atoms with E-state index in [0.29, 0.717) is 12.1 Å². The van der Waals surface area contributed by atoms with Gasteiger partial charge in [-0.2, -0.15) is 0 Å². The van der Waals surface area contributed by atoms with Gasteiger partial charge in [0.05, 0.1) is 6.10 Å². The normalized spacial score (nSPS) is 16.5. The van der Waals surface area contributed by atoms with Gasteiger partial charge in [0.1, 0.15) is 11.6 Å². The second-order valence-electron chi connectivity index (χ2n) is 6.01. The Hall–Kier alpha value is -1.53. The Morgan fingerprint density at radius 3 is 2.74 bits per heavy atom. The van der Waals surface area contributed by atoms with E-state index >= 15 is 0 Å². The Kier molecular flexibility index (Phi) is 6.92. The molecule has 1 fully saturated rings. The average Bonchev–Trinajstić information content (AvgIpc) is 2.52. The summed E-state index contributed by atoms with van der Waals surface area (Å²) in [6.07, 6.45) is 2.77. The number of aliphatic hydroxyl groups is 1. The van der Waals surface area contributed by atoms with Gasteiger partial charge in [-0.1, -0.05) is 6.07 Å². The van der Waals surface area contributed by atoms with Crippen molar-refractivity contribution in [2.24, 2.45) is 0 Å². The molecule has 2 N–H and O–H groups in total. The zero-order chi connectivity index (χ0) is 16.7. The van der Waals surface area contributed by atoms with Crippen LogP contribution in [0, 0.1) is 11.6 Å². The summed E-state index contributed by atoms with van der Waals surface area (Å²) >= 11 is 0. The summed E-state index contributed by atoms with van der Waals surface area (Å²) in [4.78, 5) is 14.0. The third-order valence-corrected chi connectivity index (χ3v) is 4.17. The van der Waals surface area contributed by atoms with E-state index in [1.165, 1.54) is 12.1 Å². The van der Waals surface area contributed by atoms with Crippen LogP contribution in [0.4, 0.5) is 8.78 Å². The summed E-state index contributed by atoms with van der Waals surface area (Å²) < 4.78 is 26.2. The molecule has 4 nitrogen and oxygen atoms in total. The number of carbonyl (C=O) groups is 1. The molecule has 0 saturated carbocycles. The molecule has 0 aromatic heterocycles. The van der Waals surface area contributed by atoms with Gasteiger partial charge in [0.15, 0.2) is 0 Å². The van der Waals surface area contributed by atoms with Crippen molar-refractivity contribution in [1.82, 2.24) is 10.2 Å². The molecule has 1 aliphatic heterocycles. The van der Waals surface area contributed by atoms with E-state index in [-0.39, 0.29) is 24.9 Å². The lowest BCUT2D eigenvalue weighted by atomic mass is 10.1. The molecular weight excluding hydrogens is 302 g/mol. The summed E-state index contributed by atoms with van der Waals surface area (Å²) in [6, 6.07) is 3.41. The van der Waals surface area contributed by atoms with E-state index in [2.05, 4.69) is 10.2 Å². The van der Waals surface area contributed by atoms with Crippen LogP contribution in [0.2, 0.25) is 0 Å². The molecule has 1 amide bonds. The van der Waals surface area contributed by atoms with Gasteiger partial charge in [0, 0.05) is 32.1 Å². The minimum absolute atomic E-state index is 0.122. The fourth-order valence-electron chi connectivity index (χ4n) is 2.73. The molecule has 6 heteroatoms. The van der Waals surface area contributed by atoms with Crippen molar-refractivity contribution in [2.45, 2.75) is 38.2 Å². The van der Waals surface area contributed by atoms with Crippen molar-refractivity contribution in [3.05, 3.63) is 35.4 Å². The van der Waals surface area contributed by atoms with Gasteiger partial charge in [-0.25, -0.2) is 8.78 Å². The fraction of sp³-hybridized carbons (Fsp3) is 0.588. The van der Waals surface area contributed by atoms with Crippen LogP contribution in [-0.2, 0) is 11.2 Å². The predicted molar refractivity (Wildman–Crippen MR) is 84.0 cm³/mol. The lowest BCUT2D eigenvalue weighted by Crippen LogP contribution is -2.37. The second-order valence-corrected chi connectivity index (χ2v) is 6.01. The number of benzene rings is 1. The van der Waals surface area contributed by atoms with Crippen LogP contribution in [0.5, 0.6) is 0 Å². The summed E-state index contributed by atoms with van der Waals surface area (Å²) in [6.45, 7) is 3.29. The number of aryl methyl sites for hydroxylation is 1. The van der Waals surface area contributed by atoms with E-state index in [4.69, 9.17) is 0 Å². The number of nitrogens with one attached hydrogen (secondary N) is 1. The van der Waals surface area contributed by atoms with E-state index in [0.717, 1.165) is 45.0 Å². The third kappa shape index (κ3) is 6.23. The quantitative estimate of drug-likeness (QED) is 0.752. The molecule has 0 unspecified atom stereocenters. The van der Waals surface area contributed by atoms with Crippen LogP contribution < -0.4 is 5.32 Å². The van der Waals surface area contributed by atoms with Crippen molar-refractivity contribution in [2.75, 3.05) is 26.2 Å². The van der Waals surface area contributed by atoms with Crippen molar-refractivity contribution in [3.8, 4) is 0 Å². The second kappa shape index (κ2) is 8.93. The molecule has 128 valence electrons. The molecule has 2 rings (SSSR count). The Labute approximate surface area is 135 Å². The van der Waals surface area contributed by atoms with E-state index in [1.54, 1.807) is 0 Å². The third-order valence-electron chi connectivity index (χ3n) is 4.17. The molecule has 0 atom stereocenters. The maximum atomic E-state index is 13.4. The number of hydrogen-bond acceptors (Lipinski definition) is 3. The highest BCUT2D eigenvalue weighted by Gasteiger charge is 2.16. The molecule has 1 saturated heterocycles. The predicted octanol–water partition coefficient (Wildman–Crippen LogP) is 1.86. The van der Waals surface area contributed by atoms with Gasteiger partial charge in [-0.3, -0.25) is 4.79 Å². The molecule has 1 heterocycles. The number of hydrogen-bond donors (Lipinski definition) is 2. The van der Waals surface area contributed by atoms with E-state index in [9.17, 15) is 18.7 Å². The molecule has 1 aromatic rings. The van der Waals surface area contributed by atoms with Gasteiger partial charge in [0.25, 0.3) is 0 Å². The average molecular weight is 326 g/mol. The van der Waals surface area contributed by atoms with Crippen molar-refractivity contribution >= 4 is 5.91 Å². The number of amides is 1. The highest BCUT2D eigenvalue weighted by molar-refractivity contribution is 5.76. The van der Waals surface area contributed by atoms with Crippen LogP contribution >= 0.6 is 0 Å². The van der Waals surface area contributed by atoms with Crippen LogP contribution in [0.3, 0.4) is 0 Å². The highest BCUT2D eigenvalue weighted by atomic mass is 19.1. The number of likely N-dealkylation sites (tertiary alicyclic amines) is 1. The summed E-state index contributed by atoms with van der Waals surface area (Å²) in [5, 5.41) is 12.2. The van der Waals surface area contributed by atoms with Gasteiger partial charge in [-0.05, 0) is 43.9 Å². The highest BCUT2D eigenvalue weighted by Crippen LogP contribution is 2.12. The zero-order valence-corrected chi connectivity index (χ0v) is 13.2. The van der Waals surface area contributed by atoms with Crippen LogP contribution in [-0.4, -0.2) is 48.2 Å². The monoisotopic (exact) mass is 326 g/mol. The number of carbonyl (C=O) groups excluding carboxylic acids is 1. The minimum Gasteiger partial charge on any atom is -0.393 e. The van der Waals surface area contributed by atoms with E-state index in [1.807, 2.05) is 0 Å². The molecule has 0 radical (unpaired) electrons. The first-order chi connectivity index (χ1) is 11.0.